The van der Waals surface area contributed by atoms with E-state index in [9.17, 15) is 26.4 Å². The summed E-state index contributed by atoms with van der Waals surface area (Å²) in [5, 5.41) is 4.11. The third-order valence-electron chi connectivity index (χ3n) is 6.78. The number of anilines is 2. The molecule has 208 valence electrons. The van der Waals surface area contributed by atoms with Gasteiger partial charge in [-0.15, -0.1) is 0 Å². The summed E-state index contributed by atoms with van der Waals surface area (Å²) in [4.78, 5) is 19.2. The number of hydrogen-bond donors (Lipinski definition) is 1. The molecular weight excluding hydrogens is 537 g/mol. The molecule has 2 aromatic heterocycles. The van der Waals surface area contributed by atoms with E-state index >= 15 is 0 Å². The molecule has 0 bridgehead atoms. The lowest BCUT2D eigenvalue weighted by atomic mass is 10.2. The van der Waals surface area contributed by atoms with Crippen LogP contribution in [0, 0.1) is 11.6 Å². The number of piperazine rings is 1. The van der Waals surface area contributed by atoms with Crippen molar-refractivity contribution in [3.05, 3.63) is 70.3 Å². The molecule has 3 heterocycles. The first kappa shape index (κ1) is 26.9. The van der Waals surface area contributed by atoms with Gasteiger partial charge in [-0.2, -0.15) is 14.1 Å². The number of ether oxygens (including phenoxy) is 1. The third kappa shape index (κ3) is 6.01. The summed E-state index contributed by atoms with van der Waals surface area (Å²) in [5.41, 5.74) is 5.49. The predicted molar refractivity (Wildman–Crippen MR) is 138 cm³/mol. The average Bonchev–Trinajstić information content (AvgIpc) is 3.30. The maximum Gasteiger partial charge on any atom is 0.316 e. The molecule has 3 aromatic rings. The van der Waals surface area contributed by atoms with Crippen molar-refractivity contribution < 1.29 is 26.3 Å². The first-order valence-corrected chi connectivity index (χ1v) is 14.0. The van der Waals surface area contributed by atoms with Crippen LogP contribution in [0.3, 0.4) is 0 Å². The summed E-state index contributed by atoms with van der Waals surface area (Å²) in [6.07, 6.45) is 1.97. The minimum Gasteiger partial charge on any atom is -0.483 e. The molecule has 5 rings (SSSR count). The Morgan fingerprint density at radius 3 is 2.36 bits per heavy atom. The van der Waals surface area contributed by atoms with Crippen LogP contribution in [0.1, 0.15) is 24.8 Å². The Kier molecular flexibility index (Phi) is 7.49. The van der Waals surface area contributed by atoms with Gasteiger partial charge in [-0.1, -0.05) is 6.07 Å². The van der Waals surface area contributed by atoms with Crippen LogP contribution in [-0.4, -0.2) is 65.9 Å². The van der Waals surface area contributed by atoms with Crippen molar-refractivity contribution in [2.75, 3.05) is 36.8 Å². The fourth-order valence-corrected chi connectivity index (χ4v) is 6.30. The van der Waals surface area contributed by atoms with Crippen LogP contribution in [-0.2, 0) is 15.8 Å². The molecule has 0 amide bonds. The number of nitrogens with zero attached hydrogens (tertiary/aromatic N) is 5. The second-order valence-corrected chi connectivity index (χ2v) is 11.6. The molecule has 1 aromatic carbocycles. The number of halogens is 3. The van der Waals surface area contributed by atoms with Crippen molar-refractivity contribution in [2.45, 2.75) is 37.3 Å². The van der Waals surface area contributed by atoms with E-state index in [1.54, 1.807) is 11.0 Å². The van der Waals surface area contributed by atoms with Gasteiger partial charge in [-0.25, -0.2) is 26.6 Å². The molecule has 0 spiro atoms. The lowest BCUT2D eigenvalue weighted by Crippen LogP contribution is -2.49. The van der Waals surface area contributed by atoms with Crippen LogP contribution in [0.2, 0.25) is 0 Å². The SMILES string of the molecule is Nc1ccc(CS(=O)(=O)N2CCN(c3cnn(-c4cc(F)cc(F)c4)c(=O)c3OC3CCC(F)C3)CC2)cn1. The van der Waals surface area contributed by atoms with E-state index in [4.69, 9.17) is 10.5 Å². The van der Waals surface area contributed by atoms with Crippen LogP contribution in [0.25, 0.3) is 5.69 Å². The van der Waals surface area contributed by atoms with Gasteiger partial charge >= 0.3 is 5.56 Å². The molecule has 2 aliphatic rings. The predicted octanol–water partition coefficient (Wildman–Crippen LogP) is 2.41. The van der Waals surface area contributed by atoms with Crippen LogP contribution in [0.4, 0.5) is 24.7 Å². The lowest BCUT2D eigenvalue weighted by Gasteiger charge is -2.36. The van der Waals surface area contributed by atoms with Crippen LogP contribution >= 0.6 is 0 Å². The third-order valence-corrected chi connectivity index (χ3v) is 8.63. The normalized spacial score (nSPS) is 20.3. The number of nitrogen functional groups attached to an aromatic ring is 1. The minimum absolute atomic E-state index is 0.113. The highest BCUT2D eigenvalue weighted by Gasteiger charge is 2.32. The summed E-state index contributed by atoms with van der Waals surface area (Å²) < 4.78 is 75.7. The largest absolute Gasteiger partial charge is 0.483 e. The Morgan fingerprint density at radius 2 is 1.74 bits per heavy atom. The van der Waals surface area contributed by atoms with E-state index in [2.05, 4.69) is 10.1 Å². The smallest absolute Gasteiger partial charge is 0.316 e. The highest BCUT2D eigenvalue weighted by Crippen LogP contribution is 2.31. The number of sulfonamides is 1. The van der Waals surface area contributed by atoms with Gasteiger partial charge in [0.15, 0.2) is 0 Å². The molecule has 39 heavy (non-hydrogen) atoms. The Balaban J connectivity index is 1.39. The molecule has 10 nitrogen and oxygen atoms in total. The number of nitrogens with two attached hydrogens (primary N) is 1. The van der Waals surface area contributed by atoms with E-state index in [0.29, 0.717) is 36.0 Å². The van der Waals surface area contributed by atoms with Crippen LogP contribution < -0.4 is 20.9 Å². The zero-order chi connectivity index (χ0) is 27.7. The Bertz CT molecular complexity index is 1490. The van der Waals surface area contributed by atoms with Gasteiger partial charge in [0.1, 0.15) is 35.4 Å². The number of alkyl halides is 1. The molecule has 1 saturated heterocycles. The van der Waals surface area contributed by atoms with E-state index in [1.165, 1.54) is 22.8 Å². The van der Waals surface area contributed by atoms with Crippen molar-refractivity contribution >= 4 is 21.5 Å². The summed E-state index contributed by atoms with van der Waals surface area (Å²) in [6, 6.07) is 5.75. The van der Waals surface area contributed by atoms with E-state index in [0.717, 1.165) is 16.8 Å². The highest BCUT2D eigenvalue weighted by atomic mass is 32.2. The van der Waals surface area contributed by atoms with Crippen molar-refractivity contribution in [2.24, 2.45) is 0 Å². The molecule has 14 heteroatoms. The van der Waals surface area contributed by atoms with E-state index < -0.39 is 39.5 Å². The summed E-state index contributed by atoms with van der Waals surface area (Å²) in [5.74, 6) is -1.83. The number of hydrogen-bond acceptors (Lipinski definition) is 8. The standard InChI is InChI=1S/C25H27F3N6O4S/c26-17-2-3-21(12-17)38-24-22(14-31-34(25(24)35)20-10-18(27)9-19(28)11-20)32-5-7-33(8-6-32)39(36,37)15-16-1-4-23(29)30-13-16/h1,4,9-11,13-14,17,21H,2-3,5-8,12,15H2,(H2,29,30). The van der Waals surface area contributed by atoms with Gasteiger partial charge in [-0.3, -0.25) is 4.79 Å². The molecule has 2 unspecified atom stereocenters. The molecule has 2 fully saturated rings. The van der Waals surface area contributed by atoms with Crippen molar-refractivity contribution in [1.82, 2.24) is 19.1 Å². The second-order valence-electron chi connectivity index (χ2n) is 9.59. The molecule has 1 saturated carbocycles. The fourth-order valence-electron chi connectivity index (χ4n) is 4.80. The van der Waals surface area contributed by atoms with E-state index in [1.807, 2.05) is 0 Å². The van der Waals surface area contributed by atoms with Crippen LogP contribution in [0.15, 0.2) is 47.5 Å². The first-order valence-electron chi connectivity index (χ1n) is 12.4. The Labute approximate surface area is 222 Å². The van der Waals surface area contributed by atoms with Gasteiger partial charge in [0, 0.05) is 44.9 Å². The molecule has 1 aliphatic carbocycles. The average molecular weight is 565 g/mol. The van der Waals surface area contributed by atoms with Crippen molar-refractivity contribution in [3.8, 4) is 11.4 Å². The zero-order valence-corrected chi connectivity index (χ0v) is 21.7. The fraction of sp³-hybridized carbons (Fsp3) is 0.400. The topological polar surface area (TPSA) is 124 Å². The Hall–Kier alpha value is -3.65. The highest BCUT2D eigenvalue weighted by molar-refractivity contribution is 7.88. The zero-order valence-electron chi connectivity index (χ0n) is 20.8. The number of rotatable bonds is 7. The molecule has 1 aliphatic heterocycles. The van der Waals surface area contributed by atoms with E-state index in [-0.39, 0.29) is 49.8 Å². The quantitative estimate of drug-likeness (QED) is 0.464. The van der Waals surface area contributed by atoms with Gasteiger partial charge in [0.25, 0.3) is 0 Å². The first-order chi connectivity index (χ1) is 18.6. The Morgan fingerprint density at radius 1 is 1.03 bits per heavy atom. The maximum atomic E-state index is 13.9. The van der Waals surface area contributed by atoms with Crippen molar-refractivity contribution in [1.29, 1.82) is 0 Å². The van der Waals surface area contributed by atoms with Crippen molar-refractivity contribution in [3.63, 3.8) is 0 Å². The molecule has 2 N–H and O–H groups in total. The van der Waals surface area contributed by atoms with Gasteiger partial charge in [-0.05, 0) is 36.6 Å². The molecule has 0 radical (unpaired) electrons. The lowest BCUT2D eigenvalue weighted by molar-refractivity contribution is 0.193. The number of aromatic nitrogens is 3. The number of benzene rings is 1. The molecule has 2 atom stereocenters. The maximum absolute atomic E-state index is 13.9. The monoisotopic (exact) mass is 564 g/mol. The second kappa shape index (κ2) is 10.8. The number of pyridine rings is 1. The van der Waals surface area contributed by atoms with Gasteiger partial charge < -0.3 is 15.4 Å². The molecular formula is C25H27F3N6O4S. The summed E-state index contributed by atoms with van der Waals surface area (Å²) in [6.45, 7) is 0.730. The van der Waals surface area contributed by atoms with Gasteiger partial charge in [0.05, 0.1) is 17.6 Å². The summed E-state index contributed by atoms with van der Waals surface area (Å²) in [7, 11) is -3.65. The summed E-state index contributed by atoms with van der Waals surface area (Å²) >= 11 is 0. The minimum atomic E-state index is -3.65. The van der Waals surface area contributed by atoms with Gasteiger partial charge in [0.2, 0.25) is 15.8 Å². The van der Waals surface area contributed by atoms with Crippen LogP contribution in [0.5, 0.6) is 5.75 Å².